The second-order valence-corrected chi connectivity index (χ2v) is 5.64. The zero-order valence-electron chi connectivity index (χ0n) is 13.9. The molecule has 0 aromatic carbocycles. The van der Waals surface area contributed by atoms with Crippen LogP contribution in [0.15, 0.2) is 10.6 Å². The number of rotatable bonds is 10. The van der Waals surface area contributed by atoms with Gasteiger partial charge in [0.1, 0.15) is 5.76 Å². The van der Waals surface area contributed by atoms with Crippen molar-refractivity contribution in [2.75, 3.05) is 18.9 Å². The van der Waals surface area contributed by atoms with Crippen LogP contribution >= 0.6 is 0 Å². The van der Waals surface area contributed by atoms with Crippen LogP contribution in [0.25, 0.3) is 0 Å². The summed E-state index contributed by atoms with van der Waals surface area (Å²) in [6.45, 7) is 3.96. The highest BCUT2D eigenvalue weighted by Gasteiger charge is 2.13. The van der Waals surface area contributed by atoms with Gasteiger partial charge in [-0.3, -0.25) is 9.59 Å². The minimum absolute atomic E-state index is 0.00183. The zero-order valence-corrected chi connectivity index (χ0v) is 13.9. The van der Waals surface area contributed by atoms with Gasteiger partial charge in [-0.05, 0) is 13.3 Å². The minimum Gasteiger partial charge on any atom is -0.360 e. The number of unbranched alkanes of at least 4 members (excludes halogenated alkanes) is 5. The van der Waals surface area contributed by atoms with E-state index in [4.69, 9.17) is 4.52 Å². The average Bonchev–Trinajstić information content (AvgIpc) is 2.87. The first kappa shape index (κ1) is 18.2. The Morgan fingerprint density at radius 3 is 2.55 bits per heavy atom. The number of aryl methyl sites for hydroxylation is 1. The molecule has 1 aromatic heterocycles. The Balaban J connectivity index is 2.18. The molecule has 1 aromatic rings. The summed E-state index contributed by atoms with van der Waals surface area (Å²) >= 11 is 0. The number of hydrogen-bond acceptors (Lipinski definition) is 4. The van der Waals surface area contributed by atoms with Crippen LogP contribution in [0.5, 0.6) is 0 Å². The number of nitrogens with zero attached hydrogens (tertiary/aromatic N) is 2. The first-order valence-corrected chi connectivity index (χ1v) is 8.00. The van der Waals surface area contributed by atoms with E-state index in [-0.39, 0.29) is 18.4 Å². The van der Waals surface area contributed by atoms with Crippen LogP contribution in [-0.4, -0.2) is 35.5 Å². The Morgan fingerprint density at radius 1 is 1.23 bits per heavy atom. The van der Waals surface area contributed by atoms with Gasteiger partial charge < -0.3 is 14.7 Å². The molecular weight excluding hydrogens is 282 g/mol. The second kappa shape index (κ2) is 9.97. The summed E-state index contributed by atoms with van der Waals surface area (Å²) in [6, 6.07) is 1.63. The van der Waals surface area contributed by atoms with E-state index in [0.29, 0.717) is 18.0 Å². The molecule has 6 nitrogen and oxygen atoms in total. The van der Waals surface area contributed by atoms with Crippen molar-refractivity contribution in [2.24, 2.45) is 0 Å². The van der Waals surface area contributed by atoms with Crippen LogP contribution in [0.2, 0.25) is 0 Å². The first-order chi connectivity index (χ1) is 10.5. The second-order valence-electron chi connectivity index (χ2n) is 5.64. The number of anilines is 1. The van der Waals surface area contributed by atoms with E-state index in [1.54, 1.807) is 20.0 Å². The number of hydrogen-bond donors (Lipinski definition) is 1. The lowest BCUT2D eigenvalue weighted by atomic mass is 10.1. The van der Waals surface area contributed by atoms with Crippen molar-refractivity contribution in [1.82, 2.24) is 10.1 Å². The highest BCUT2D eigenvalue weighted by Crippen LogP contribution is 2.09. The summed E-state index contributed by atoms with van der Waals surface area (Å²) in [5.41, 5.74) is 0. The lowest BCUT2D eigenvalue weighted by molar-refractivity contribution is -0.133. The highest BCUT2D eigenvalue weighted by molar-refractivity contribution is 5.93. The topological polar surface area (TPSA) is 75.4 Å². The van der Waals surface area contributed by atoms with Gasteiger partial charge in [-0.15, -0.1) is 0 Å². The molecule has 0 saturated heterocycles. The Morgan fingerprint density at radius 2 is 1.91 bits per heavy atom. The maximum Gasteiger partial charge on any atom is 0.245 e. The van der Waals surface area contributed by atoms with Gasteiger partial charge in [0.05, 0.1) is 6.54 Å². The fourth-order valence-electron chi connectivity index (χ4n) is 2.16. The molecule has 1 rings (SSSR count). The Hall–Kier alpha value is -1.85. The molecule has 1 heterocycles. The molecule has 0 bridgehead atoms. The fraction of sp³-hybridized carbons (Fsp3) is 0.688. The van der Waals surface area contributed by atoms with E-state index < -0.39 is 0 Å². The zero-order chi connectivity index (χ0) is 16.4. The quantitative estimate of drug-likeness (QED) is 0.674. The molecular formula is C16H27N3O3. The van der Waals surface area contributed by atoms with E-state index in [0.717, 1.165) is 12.8 Å². The molecule has 6 heteroatoms. The van der Waals surface area contributed by atoms with Crippen molar-refractivity contribution in [3.63, 3.8) is 0 Å². The van der Waals surface area contributed by atoms with E-state index in [9.17, 15) is 9.59 Å². The van der Waals surface area contributed by atoms with Crippen molar-refractivity contribution in [1.29, 1.82) is 0 Å². The summed E-state index contributed by atoms with van der Waals surface area (Å²) in [5.74, 6) is 0.733. The van der Waals surface area contributed by atoms with Crippen molar-refractivity contribution >= 4 is 17.6 Å². The lowest BCUT2D eigenvalue weighted by Gasteiger charge is -2.16. The standard InChI is InChI=1S/C16H27N3O3/c1-4-5-6-7-8-9-10-16(21)19(3)12-15(20)17-14-11-13(2)22-18-14/h11H,4-10,12H2,1-3H3,(H,17,18,20). The number of amides is 2. The largest absolute Gasteiger partial charge is 0.360 e. The van der Waals surface area contributed by atoms with Crippen LogP contribution in [0.4, 0.5) is 5.82 Å². The van der Waals surface area contributed by atoms with Gasteiger partial charge in [-0.1, -0.05) is 44.2 Å². The van der Waals surface area contributed by atoms with Gasteiger partial charge >= 0.3 is 0 Å². The molecule has 0 spiro atoms. The highest BCUT2D eigenvalue weighted by atomic mass is 16.5. The summed E-state index contributed by atoms with van der Waals surface area (Å²) in [4.78, 5) is 25.2. The third kappa shape index (κ3) is 7.24. The van der Waals surface area contributed by atoms with Crippen LogP contribution in [0, 0.1) is 6.92 Å². The first-order valence-electron chi connectivity index (χ1n) is 8.00. The van der Waals surface area contributed by atoms with Gasteiger partial charge in [-0.25, -0.2) is 0 Å². The third-order valence-corrected chi connectivity index (χ3v) is 3.45. The molecule has 0 aliphatic carbocycles. The van der Waals surface area contributed by atoms with Gasteiger partial charge in [0.25, 0.3) is 0 Å². The molecule has 0 aliphatic rings. The average molecular weight is 309 g/mol. The fourth-order valence-corrected chi connectivity index (χ4v) is 2.16. The molecule has 0 atom stereocenters. The smallest absolute Gasteiger partial charge is 0.245 e. The van der Waals surface area contributed by atoms with Crippen molar-refractivity contribution < 1.29 is 14.1 Å². The molecule has 2 amide bonds. The van der Waals surface area contributed by atoms with Crippen molar-refractivity contribution in [2.45, 2.75) is 58.8 Å². The number of aromatic nitrogens is 1. The van der Waals surface area contributed by atoms with E-state index >= 15 is 0 Å². The summed E-state index contributed by atoms with van der Waals surface area (Å²) in [7, 11) is 1.65. The molecule has 22 heavy (non-hydrogen) atoms. The van der Waals surface area contributed by atoms with Crippen LogP contribution in [0.3, 0.4) is 0 Å². The monoisotopic (exact) mass is 309 g/mol. The molecule has 1 N–H and O–H groups in total. The third-order valence-electron chi connectivity index (χ3n) is 3.45. The molecule has 0 aliphatic heterocycles. The number of carbonyl (C=O) groups is 2. The van der Waals surface area contributed by atoms with E-state index in [1.807, 2.05) is 0 Å². The van der Waals surface area contributed by atoms with E-state index in [1.165, 1.54) is 30.6 Å². The van der Waals surface area contributed by atoms with Gasteiger partial charge in [0, 0.05) is 19.5 Å². The normalized spacial score (nSPS) is 10.5. The Bertz CT molecular complexity index is 471. The lowest BCUT2D eigenvalue weighted by Crippen LogP contribution is -2.34. The molecule has 0 fully saturated rings. The molecule has 0 saturated carbocycles. The van der Waals surface area contributed by atoms with Gasteiger partial charge in [0.15, 0.2) is 5.82 Å². The van der Waals surface area contributed by atoms with Crippen molar-refractivity contribution in [3.8, 4) is 0 Å². The maximum absolute atomic E-state index is 11.9. The molecule has 0 radical (unpaired) electrons. The van der Waals surface area contributed by atoms with Crippen LogP contribution in [-0.2, 0) is 9.59 Å². The van der Waals surface area contributed by atoms with Crippen molar-refractivity contribution in [3.05, 3.63) is 11.8 Å². The summed E-state index contributed by atoms with van der Waals surface area (Å²) in [5, 5.41) is 6.28. The maximum atomic E-state index is 11.9. The van der Waals surface area contributed by atoms with Gasteiger partial charge in [0.2, 0.25) is 11.8 Å². The van der Waals surface area contributed by atoms with Crippen LogP contribution in [0.1, 0.15) is 57.6 Å². The molecule has 0 unspecified atom stereocenters. The predicted molar refractivity (Wildman–Crippen MR) is 85.5 cm³/mol. The SMILES string of the molecule is CCCCCCCCC(=O)N(C)CC(=O)Nc1cc(C)on1. The Labute approximate surface area is 132 Å². The predicted octanol–water partition coefficient (Wildman–Crippen LogP) is 3.13. The molecule has 124 valence electrons. The van der Waals surface area contributed by atoms with E-state index in [2.05, 4.69) is 17.4 Å². The van der Waals surface area contributed by atoms with Crippen LogP contribution < -0.4 is 5.32 Å². The Kier molecular flexibility index (Phi) is 8.25. The summed E-state index contributed by atoms with van der Waals surface area (Å²) < 4.78 is 4.87. The number of carbonyl (C=O) groups excluding carboxylic acids is 2. The van der Waals surface area contributed by atoms with Gasteiger partial charge in [-0.2, -0.15) is 0 Å². The number of nitrogens with one attached hydrogen (secondary N) is 1. The number of likely N-dealkylation sites (N-methyl/N-ethyl adjacent to an activating group) is 1. The summed E-state index contributed by atoms with van der Waals surface area (Å²) in [6.07, 6.45) is 7.36. The minimum atomic E-state index is -0.271.